The van der Waals surface area contributed by atoms with Crippen LogP contribution in [0.25, 0.3) is 0 Å². The van der Waals surface area contributed by atoms with Gasteiger partial charge >= 0.3 is 0 Å². The first-order valence-corrected chi connectivity index (χ1v) is 5.94. The fourth-order valence-corrected chi connectivity index (χ4v) is 3.05. The predicted octanol–water partition coefficient (Wildman–Crippen LogP) is 1.20. The fourth-order valence-electron chi connectivity index (χ4n) is 2.13. The lowest BCUT2D eigenvalue weighted by molar-refractivity contribution is -0.0725. The van der Waals surface area contributed by atoms with Crippen molar-refractivity contribution in [2.75, 3.05) is 5.75 Å². The molecule has 78 valence electrons. The summed E-state index contributed by atoms with van der Waals surface area (Å²) >= 11 is 0. The molecule has 13 heavy (non-hydrogen) atoms. The second-order valence-electron chi connectivity index (χ2n) is 4.91. The molecule has 2 atom stereocenters. The highest BCUT2D eigenvalue weighted by molar-refractivity contribution is 7.82. The van der Waals surface area contributed by atoms with Crippen molar-refractivity contribution in [2.24, 2.45) is 11.1 Å². The van der Waals surface area contributed by atoms with Gasteiger partial charge < -0.3 is 4.74 Å². The van der Waals surface area contributed by atoms with Gasteiger partial charge in [-0.15, -0.1) is 0 Å². The molecule has 1 aliphatic rings. The molecule has 1 fully saturated rings. The van der Waals surface area contributed by atoms with Gasteiger partial charge in [0.2, 0.25) is 0 Å². The Balaban J connectivity index is 2.70. The first-order chi connectivity index (χ1) is 5.73. The normalized spacial score (nSPS) is 33.2. The van der Waals surface area contributed by atoms with Gasteiger partial charge in [-0.1, -0.05) is 0 Å². The van der Waals surface area contributed by atoms with E-state index >= 15 is 0 Å². The summed E-state index contributed by atoms with van der Waals surface area (Å²) in [7, 11) is -1.22. The Morgan fingerprint density at radius 3 is 2.31 bits per heavy atom. The van der Waals surface area contributed by atoms with E-state index in [1.807, 2.05) is 13.8 Å². The molecule has 0 aliphatic carbocycles. The van der Waals surface area contributed by atoms with E-state index in [2.05, 4.69) is 13.8 Å². The molecule has 1 saturated heterocycles. The molecule has 0 bridgehead atoms. The molecule has 2 N–H and O–H groups in total. The summed E-state index contributed by atoms with van der Waals surface area (Å²) in [6, 6.07) is 0. The van der Waals surface area contributed by atoms with E-state index < -0.39 is 11.0 Å². The van der Waals surface area contributed by atoms with E-state index in [0.717, 1.165) is 6.42 Å². The molecule has 0 aromatic carbocycles. The maximum Gasteiger partial charge on any atom is 0.0891 e. The second-order valence-corrected chi connectivity index (χ2v) is 6.01. The molecular formula is C9H19NO2S. The summed E-state index contributed by atoms with van der Waals surface area (Å²) in [5, 5.41) is 5.30. The van der Waals surface area contributed by atoms with E-state index in [-0.39, 0.29) is 11.2 Å². The van der Waals surface area contributed by atoms with Crippen LogP contribution in [0.1, 0.15) is 34.1 Å². The van der Waals surface area contributed by atoms with E-state index in [4.69, 9.17) is 9.88 Å². The zero-order valence-corrected chi connectivity index (χ0v) is 9.61. The molecule has 1 heterocycles. The van der Waals surface area contributed by atoms with E-state index in [0.29, 0.717) is 11.7 Å². The highest BCUT2D eigenvalue weighted by Gasteiger charge is 2.45. The van der Waals surface area contributed by atoms with Gasteiger partial charge in [-0.3, -0.25) is 5.14 Å². The maximum atomic E-state index is 10.9. The van der Waals surface area contributed by atoms with Gasteiger partial charge in [0.15, 0.2) is 0 Å². The standard InChI is InChI=1S/C9H19NO2S/c1-8(2)5-7(6-13(10)11)9(3,4)12-8/h7H,5-6,10H2,1-4H3. The number of ether oxygens (including phenoxy) is 1. The average molecular weight is 205 g/mol. The maximum absolute atomic E-state index is 10.9. The Morgan fingerprint density at radius 1 is 1.46 bits per heavy atom. The number of hydrogen-bond acceptors (Lipinski definition) is 2. The van der Waals surface area contributed by atoms with E-state index in [9.17, 15) is 4.21 Å². The van der Waals surface area contributed by atoms with Gasteiger partial charge in [0.1, 0.15) is 0 Å². The van der Waals surface area contributed by atoms with Crippen molar-refractivity contribution in [1.82, 2.24) is 0 Å². The molecule has 2 unspecified atom stereocenters. The molecular weight excluding hydrogens is 186 g/mol. The molecule has 0 amide bonds. The van der Waals surface area contributed by atoms with Gasteiger partial charge in [-0.2, -0.15) is 0 Å². The van der Waals surface area contributed by atoms with Crippen LogP contribution >= 0.6 is 0 Å². The Hall–Kier alpha value is 0.0700. The third kappa shape index (κ3) is 2.76. The second kappa shape index (κ2) is 3.33. The summed E-state index contributed by atoms with van der Waals surface area (Å²) in [5.41, 5.74) is -0.300. The Labute approximate surface area is 82.6 Å². The molecule has 1 aliphatic heterocycles. The van der Waals surface area contributed by atoms with Crippen molar-refractivity contribution < 1.29 is 8.95 Å². The first kappa shape index (κ1) is 11.1. The third-order valence-electron chi connectivity index (χ3n) is 2.63. The number of hydrogen-bond donors (Lipinski definition) is 1. The zero-order chi connectivity index (χ0) is 10.3. The molecule has 4 heteroatoms. The van der Waals surface area contributed by atoms with Crippen LogP contribution in [0.2, 0.25) is 0 Å². The molecule has 3 nitrogen and oxygen atoms in total. The fraction of sp³-hybridized carbons (Fsp3) is 1.00. The van der Waals surface area contributed by atoms with Gasteiger partial charge in [0.25, 0.3) is 0 Å². The van der Waals surface area contributed by atoms with Crippen LogP contribution in [0.5, 0.6) is 0 Å². The lowest BCUT2D eigenvalue weighted by atomic mass is 9.89. The summed E-state index contributed by atoms with van der Waals surface area (Å²) in [4.78, 5) is 0. The monoisotopic (exact) mass is 205 g/mol. The van der Waals surface area contributed by atoms with Crippen LogP contribution in [0.15, 0.2) is 0 Å². The van der Waals surface area contributed by atoms with Crippen molar-refractivity contribution in [1.29, 1.82) is 0 Å². The molecule has 0 saturated carbocycles. The number of rotatable bonds is 2. The Kier molecular flexibility index (Phi) is 2.86. The van der Waals surface area contributed by atoms with E-state index in [1.165, 1.54) is 0 Å². The van der Waals surface area contributed by atoms with E-state index in [1.54, 1.807) is 0 Å². The van der Waals surface area contributed by atoms with Crippen molar-refractivity contribution in [2.45, 2.75) is 45.3 Å². The lowest BCUT2D eigenvalue weighted by Gasteiger charge is -2.26. The molecule has 0 radical (unpaired) electrons. The largest absolute Gasteiger partial charge is 0.369 e. The minimum atomic E-state index is -1.22. The van der Waals surface area contributed by atoms with Gasteiger partial charge in [0, 0.05) is 11.7 Å². The summed E-state index contributed by atoms with van der Waals surface area (Å²) in [6.07, 6.45) is 0.933. The SMILES string of the molecule is CC1(C)CC(CS(N)=O)C(C)(C)O1. The smallest absolute Gasteiger partial charge is 0.0891 e. The van der Waals surface area contributed by atoms with Crippen LogP contribution in [-0.2, 0) is 15.7 Å². The van der Waals surface area contributed by atoms with Crippen LogP contribution < -0.4 is 5.14 Å². The lowest BCUT2D eigenvalue weighted by Crippen LogP contribution is -2.33. The summed E-state index contributed by atoms with van der Waals surface area (Å²) < 4.78 is 16.8. The first-order valence-electron chi connectivity index (χ1n) is 4.56. The van der Waals surface area contributed by atoms with Crippen molar-refractivity contribution in [3.05, 3.63) is 0 Å². The minimum absolute atomic E-state index is 0.104. The van der Waals surface area contributed by atoms with Gasteiger partial charge in [-0.05, 0) is 34.1 Å². The van der Waals surface area contributed by atoms with Crippen LogP contribution in [0.3, 0.4) is 0 Å². The topological polar surface area (TPSA) is 52.3 Å². The number of nitrogens with two attached hydrogens (primary N) is 1. The predicted molar refractivity (Wildman–Crippen MR) is 54.5 cm³/mol. The highest BCUT2D eigenvalue weighted by atomic mass is 32.2. The average Bonchev–Trinajstić information content (AvgIpc) is 1.98. The molecule has 1 rings (SSSR count). The summed E-state index contributed by atoms with van der Waals surface area (Å²) in [5.74, 6) is 0.838. The van der Waals surface area contributed by atoms with Crippen LogP contribution in [0.4, 0.5) is 0 Å². The minimum Gasteiger partial charge on any atom is -0.369 e. The molecule has 0 aromatic rings. The van der Waals surface area contributed by atoms with Gasteiger partial charge in [-0.25, -0.2) is 4.21 Å². The highest BCUT2D eigenvalue weighted by Crippen LogP contribution is 2.41. The zero-order valence-electron chi connectivity index (χ0n) is 8.79. The molecule has 0 spiro atoms. The van der Waals surface area contributed by atoms with Crippen LogP contribution in [-0.4, -0.2) is 21.2 Å². The third-order valence-corrected chi connectivity index (χ3v) is 3.36. The quantitative estimate of drug-likeness (QED) is 0.736. The summed E-state index contributed by atoms with van der Waals surface area (Å²) in [6.45, 7) is 8.21. The molecule has 0 aromatic heterocycles. The van der Waals surface area contributed by atoms with Crippen molar-refractivity contribution >= 4 is 11.0 Å². The Morgan fingerprint density at radius 2 is 2.00 bits per heavy atom. The van der Waals surface area contributed by atoms with Gasteiger partial charge in [0.05, 0.1) is 22.2 Å². The van der Waals surface area contributed by atoms with Crippen LogP contribution in [0, 0.1) is 5.92 Å². The Bertz CT molecular complexity index is 226. The van der Waals surface area contributed by atoms with Crippen molar-refractivity contribution in [3.8, 4) is 0 Å². The van der Waals surface area contributed by atoms with Crippen molar-refractivity contribution in [3.63, 3.8) is 0 Å².